The van der Waals surface area contributed by atoms with Gasteiger partial charge in [-0.2, -0.15) is 5.26 Å². The molecule has 0 bridgehead atoms. The van der Waals surface area contributed by atoms with Crippen LogP contribution in [0.4, 0.5) is 5.00 Å². The molecule has 4 N–H and O–H groups in total. The number of hydrazine groups is 1. The van der Waals surface area contributed by atoms with Gasteiger partial charge in [0.2, 0.25) is 0 Å². The highest BCUT2D eigenvalue weighted by atomic mass is 32.1. The second-order valence-corrected chi connectivity index (χ2v) is 4.52. The first-order valence-corrected chi connectivity index (χ1v) is 5.48. The number of rotatable bonds is 1. The largest absolute Gasteiger partial charge is 0.335 e. The fourth-order valence-electron chi connectivity index (χ4n) is 1.48. The fraction of sp³-hybridized carbons (Fsp3) is 0.222. The predicted octanol–water partition coefficient (Wildman–Crippen LogP) is -0.338. The lowest BCUT2D eigenvalue weighted by Gasteiger charge is -2.07. The van der Waals surface area contributed by atoms with Crippen molar-refractivity contribution in [3.8, 4) is 6.07 Å². The molecule has 8 heteroatoms. The Morgan fingerprint density at radius 3 is 2.76 bits per heavy atom. The van der Waals surface area contributed by atoms with Crippen molar-refractivity contribution in [2.75, 3.05) is 17.9 Å². The van der Waals surface area contributed by atoms with E-state index in [1.54, 1.807) is 14.0 Å². The minimum Gasteiger partial charge on any atom is -0.335 e. The van der Waals surface area contributed by atoms with E-state index in [4.69, 9.17) is 16.9 Å². The first kappa shape index (κ1) is 11.4. The van der Waals surface area contributed by atoms with E-state index in [-0.39, 0.29) is 5.56 Å². The van der Waals surface area contributed by atoms with Gasteiger partial charge in [0.25, 0.3) is 5.56 Å². The number of thiophene rings is 1. The third kappa shape index (κ3) is 1.52. The van der Waals surface area contributed by atoms with Crippen molar-refractivity contribution < 1.29 is 0 Å². The highest BCUT2D eigenvalue weighted by molar-refractivity contribution is 7.23. The van der Waals surface area contributed by atoms with E-state index in [0.717, 1.165) is 16.0 Å². The summed E-state index contributed by atoms with van der Waals surface area (Å²) in [6.07, 6.45) is 0. The van der Waals surface area contributed by atoms with E-state index in [2.05, 4.69) is 4.98 Å². The Morgan fingerprint density at radius 2 is 2.24 bits per heavy atom. The Labute approximate surface area is 100 Å². The Balaban J connectivity index is 2.99. The molecule has 88 valence electrons. The van der Waals surface area contributed by atoms with Crippen molar-refractivity contribution in [3.63, 3.8) is 0 Å². The summed E-state index contributed by atoms with van der Waals surface area (Å²) in [5.41, 5.74) is 0.284. The van der Waals surface area contributed by atoms with E-state index in [1.165, 1.54) is 5.01 Å². The summed E-state index contributed by atoms with van der Waals surface area (Å²) in [4.78, 5) is 16.0. The van der Waals surface area contributed by atoms with Crippen LogP contribution in [-0.2, 0) is 0 Å². The summed E-state index contributed by atoms with van der Waals surface area (Å²) >= 11 is 1.11. The molecule has 0 fully saturated rings. The van der Waals surface area contributed by atoms with Gasteiger partial charge in [-0.3, -0.25) is 4.79 Å². The third-order valence-electron chi connectivity index (χ3n) is 2.33. The topological polar surface area (TPSA) is 114 Å². The Bertz CT molecular complexity index is 692. The van der Waals surface area contributed by atoms with E-state index >= 15 is 0 Å². The van der Waals surface area contributed by atoms with Gasteiger partial charge in [0, 0.05) is 7.05 Å². The van der Waals surface area contributed by atoms with Crippen LogP contribution in [0.1, 0.15) is 11.4 Å². The van der Waals surface area contributed by atoms with Gasteiger partial charge in [-0.05, 0) is 6.92 Å². The van der Waals surface area contributed by atoms with Crippen LogP contribution >= 0.6 is 11.3 Å². The smallest absolute Gasteiger partial charge is 0.289 e. The second-order valence-electron chi connectivity index (χ2n) is 3.52. The predicted molar refractivity (Wildman–Crippen MR) is 66.1 cm³/mol. The molecule has 7 nitrogen and oxygen atoms in total. The third-order valence-corrected chi connectivity index (χ3v) is 3.59. The molecule has 17 heavy (non-hydrogen) atoms. The summed E-state index contributed by atoms with van der Waals surface area (Å²) in [5.74, 6) is 11.5. The average molecular weight is 250 g/mol. The molecule has 2 aromatic rings. The number of aryl methyl sites for hydroxylation is 1. The first-order valence-electron chi connectivity index (χ1n) is 4.67. The number of nitrogens with two attached hydrogens (primary N) is 2. The number of nitriles is 1. The minimum absolute atomic E-state index is 0.302. The lowest BCUT2D eigenvalue weighted by molar-refractivity contribution is 0.854. The van der Waals surface area contributed by atoms with E-state index in [1.807, 2.05) is 6.07 Å². The zero-order valence-corrected chi connectivity index (χ0v) is 10.1. The standard InChI is InChI=1S/C9H10N6OS/c1-4-13-6-5(3-10)9(14(2)11)17-7(6)8(16)15(4)12/h11-12H2,1-2H3. The van der Waals surface area contributed by atoms with Crippen molar-refractivity contribution in [2.45, 2.75) is 6.92 Å². The van der Waals surface area contributed by atoms with E-state index < -0.39 is 0 Å². The Morgan fingerprint density at radius 1 is 1.59 bits per heavy atom. The van der Waals surface area contributed by atoms with E-state index in [9.17, 15) is 4.79 Å². The van der Waals surface area contributed by atoms with Gasteiger partial charge in [0.05, 0.1) is 0 Å². The molecule has 0 aromatic carbocycles. The van der Waals surface area contributed by atoms with Crippen LogP contribution in [0, 0.1) is 18.3 Å². The quantitative estimate of drug-likeness (QED) is 0.528. The number of nitrogen functional groups attached to an aromatic ring is 1. The summed E-state index contributed by atoms with van der Waals surface area (Å²) in [6.45, 7) is 1.60. The Hall–Kier alpha value is -2.11. The molecule has 0 amide bonds. The second kappa shape index (κ2) is 3.73. The summed E-state index contributed by atoms with van der Waals surface area (Å²) in [5, 5.41) is 10.9. The van der Waals surface area contributed by atoms with Gasteiger partial charge < -0.3 is 10.9 Å². The molecule has 0 aliphatic rings. The molecule has 0 unspecified atom stereocenters. The number of hydrogen-bond acceptors (Lipinski definition) is 7. The van der Waals surface area contributed by atoms with Crippen molar-refractivity contribution in [1.29, 1.82) is 5.26 Å². The highest BCUT2D eigenvalue weighted by Crippen LogP contribution is 2.33. The number of fused-ring (bicyclic) bond motifs is 1. The molecule has 0 saturated carbocycles. The molecule has 0 aliphatic carbocycles. The van der Waals surface area contributed by atoms with Crippen LogP contribution in [0.2, 0.25) is 0 Å². The SMILES string of the molecule is Cc1nc2c(C#N)c(N(C)N)sc2c(=O)n1N. The first-order chi connectivity index (χ1) is 7.97. The molecular formula is C9H10N6OS. The van der Waals surface area contributed by atoms with Crippen molar-refractivity contribution in [3.05, 3.63) is 21.7 Å². The minimum atomic E-state index is -0.373. The number of nitrogens with zero attached hydrogens (tertiary/aromatic N) is 4. The van der Waals surface area contributed by atoms with Crippen molar-refractivity contribution in [2.24, 2.45) is 5.84 Å². The van der Waals surface area contributed by atoms with Crippen LogP contribution < -0.4 is 22.3 Å². The maximum atomic E-state index is 11.9. The van der Waals surface area contributed by atoms with Gasteiger partial charge in [-0.25, -0.2) is 15.5 Å². The van der Waals surface area contributed by atoms with Gasteiger partial charge in [-0.1, -0.05) is 0 Å². The monoisotopic (exact) mass is 250 g/mol. The molecule has 0 spiro atoms. The fourth-order valence-corrected chi connectivity index (χ4v) is 2.50. The summed E-state index contributed by atoms with van der Waals surface area (Å²) in [7, 11) is 1.60. The van der Waals surface area contributed by atoms with Crippen LogP contribution in [0.5, 0.6) is 0 Å². The molecule has 2 heterocycles. The lowest BCUT2D eigenvalue weighted by Crippen LogP contribution is -2.29. The summed E-state index contributed by atoms with van der Waals surface area (Å²) < 4.78 is 1.29. The number of hydrogen-bond donors (Lipinski definition) is 2. The van der Waals surface area contributed by atoms with Gasteiger partial charge in [-0.15, -0.1) is 11.3 Å². The average Bonchev–Trinajstić information content (AvgIpc) is 2.64. The zero-order valence-electron chi connectivity index (χ0n) is 9.26. The normalized spacial score (nSPS) is 10.5. The van der Waals surface area contributed by atoms with Crippen LogP contribution in [0.3, 0.4) is 0 Å². The van der Waals surface area contributed by atoms with Crippen LogP contribution in [0.15, 0.2) is 4.79 Å². The van der Waals surface area contributed by atoms with E-state index in [0.29, 0.717) is 26.6 Å². The molecule has 0 radical (unpaired) electrons. The molecule has 2 aromatic heterocycles. The van der Waals surface area contributed by atoms with Gasteiger partial charge >= 0.3 is 0 Å². The molecule has 0 saturated heterocycles. The summed E-state index contributed by atoms with van der Waals surface area (Å²) in [6, 6.07) is 2.01. The van der Waals surface area contributed by atoms with Crippen molar-refractivity contribution >= 4 is 26.6 Å². The van der Waals surface area contributed by atoms with Crippen LogP contribution in [-0.4, -0.2) is 16.7 Å². The zero-order chi connectivity index (χ0) is 12.7. The van der Waals surface area contributed by atoms with Crippen LogP contribution in [0.25, 0.3) is 10.2 Å². The maximum Gasteiger partial charge on any atom is 0.289 e. The maximum absolute atomic E-state index is 11.9. The van der Waals surface area contributed by atoms with Crippen molar-refractivity contribution in [1.82, 2.24) is 9.66 Å². The Kier molecular flexibility index (Phi) is 2.49. The molecular weight excluding hydrogens is 240 g/mol. The number of anilines is 1. The molecule has 0 aliphatic heterocycles. The van der Waals surface area contributed by atoms with Gasteiger partial charge in [0.1, 0.15) is 32.7 Å². The lowest BCUT2D eigenvalue weighted by atomic mass is 10.3. The van der Waals surface area contributed by atoms with Gasteiger partial charge in [0.15, 0.2) is 0 Å². The number of aromatic nitrogens is 2. The molecule has 2 rings (SSSR count). The molecule has 0 atom stereocenters. The highest BCUT2D eigenvalue weighted by Gasteiger charge is 2.19.